The molecular formula is C21H18Si. The SMILES string of the molecule is C[Si](C)(C)C#Cc1cc2cccc3ccc4cccc1c4c32. The van der Waals surface area contributed by atoms with Crippen molar-refractivity contribution >= 4 is 40.4 Å². The van der Waals surface area contributed by atoms with E-state index in [-0.39, 0.29) is 0 Å². The molecule has 4 aromatic carbocycles. The quantitative estimate of drug-likeness (QED) is 0.218. The maximum Gasteiger partial charge on any atom is 0.129 e. The smallest absolute Gasteiger partial charge is 0.127 e. The van der Waals surface area contributed by atoms with Gasteiger partial charge in [0.2, 0.25) is 0 Å². The number of rotatable bonds is 0. The van der Waals surface area contributed by atoms with Gasteiger partial charge in [0, 0.05) is 5.56 Å². The average Bonchev–Trinajstić information content (AvgIpc) is 2.50. The van der Waals surface area contributed by atoms with Crippen LogP contribution in [0.5, 0.6) is 0 Å². The highest BCUT2D eigenvalue weighted by atomic mass is 28.3. The lowest BCUT2D eigenvalue weighted by molar-refractivity contribution is 1.74. The van der Waals surface area contributed by atoms with Crippen LogP contribution in [0.4, 0.5) is 0 Å². The molecule has 0 radical (unpaired) electrons. The lowest BCUT2D eigenvalue weighted by Gasteiger charge is -2.12. The predicted molar refractivity (Wildman–Crippen MR) is 100 cm³/mol. The van der Waals surface area contributed by atoms with Crippen molar-refractivity contribution in [2.24, 2.45) is 0 Å². The molecule has 1 heteroatoms. The first-order valence-corrected chi connectivity index (χ1v) is 11.2. The lowest BCUT2D eigenvalue weighted by atomic mass is 9.91. The lowest BCUT2D eigenvalue weighted by Crippen LogP contribution is -2.16. The second kappa shape index (κ2) is 4.60. The summed E-state index contributed by atoms with van der Waals surface area (Å²) < 4.78 is 0. The average molecular weight is 298 g/mol. The van der Waals surface area contributed by atoms with Crippen molar-refractivity contribution in [3.63, 3.8) is 0 Å². The normalized spacial score (nSPS) is 12.0. The summed E-state index contributed by atoms with van der Waals surface area (Å²) in [5.41, 5.74) is 4.68. The molecule has 0 saturated heterocycles. The van der Waals surface area contributed by atoms with Gasteiger partial charge in [0.25, 0.3) is 0 Å². The fourth-order valence-corrected chi connectivity index (χ4v) is 3.63. The highest BCUT2D eigenvalue weighted by Crippen LogP contribution is 2.36. The van der Waals surface area contributed by atoms with Gasteiger partial charge in [-0.05, 0) is 38.4 Å². The minimum Gasteiger partial charge on any atom is -0.127 e. The van der Waals surface area contributed by atoms with E-state index in [0.717, 1.165) is 0 Å². The minimum absolute atomic E-state index is 1.17. The summed E-state index contributed by atoms with van der Waals surface area (Å²) in [6.07, 6.45) is 0. The van der Waals surface area contributed by atoms with Crippen molar-refractivity contribution < 1.29 is 0 Å². The second-order valence-corrected chi connectivity index (χ2v) is 11.7. The van der Waals surface area contributed by atoms with E-state index in [1.54, 1.807) is 0 Å². The molecule has 0 bridgehead atoms. The van der Waals surface area contributed by atoms with E-state index >= 15 is 0 Å². The Morgan fingerprint density at radius 2 is 1.36 bits per heavy atom. The topological polar surface area (TPSA) is 0 Å². The second-order valence-electron chi connectivity index (χ2n) is 6.97. The van der Waals surface area contributed by atoms with Crippen LogP contribution in [0.1, 0.15) is 5.56 Å². The molecule has 0 unspecified atom stereocenters. The van der Waals surface area contributed by atoms with Crippen molar-refractivity contribution in [3.05, 3.63) is 60.2 Å². The molecule has 0 aliphatic heterocycles. The standard InChI is InChI=1S/C21H18Si/c1-22(2,3)13-12-17-14-18-8-4-6-15-10-11-16-7-5-9-19(17)21(16)20(15)18/h4-11,14H,1-3H3. The molecule has 0 aliphatic carbocycles. The molecule has 0 nitrogen and oxygen atoms in total. The molecule has 0 saturated carbocycles. The van der Waals surface area contributed by atoms with Gasteiger partial charge in [-0.15, -0.1) is 5.54 Å². The molecule has 4 rings (SSSR count). The molecule has 22 heavy (non-hydrogen) atoms. The predicted octanol–water partition coefficient (Wildman–Crippen LogP) is 5.81. The molecule has 0 spiro atoms. The molecule has 106 valence electrons. The first-order valence-electron chi connectivity index (χ1n) is 7.73. The zero-order valence-electron chi connectivity index (χ0n) is 13.2. The maximum atomic E-state index is 3.52. The molecule has 0 fully saturated rings. The third-order valence-corrected chi connectivity index (χ3v) is 4.96. The third-order valence-electron chi connectivity index (χ3n) is 4.08. The Balaban J connectivity index is 2.19. The van der Waals surface area contributed by atoms with Crippen molar-refractivity contribution in [2.45, 2.75) is 19.6 Å². The van der Waals surface area contributed by atoms with Gasteiger partial charge in [0.15, 0.2) is 0 Å². The van der Waals surface area contributed by atoms with E-state index in [9.17, 15) is 0 Å². The van der Waals surface area contributed by atoms with Crippen LogP contribution in [-0.4, -0.2) is 8.07 Å². The molecule has 0 heterocycles. The Labute approximate surface area is 132 Å². The van der Waals surface area contributed by atoms with E-state index < -0.39 is 8.07 Å². The van der Waals surface area contributed by atoms with Gasteiger partial charge in [-0.2, -0.15) is 0 Å². The summed E-state index contributed by atoms with van der Waals surface area (Å²) in [5, 5.41) is 7.92. The van der Waals surface area contributed by atoms with E-state index in [0.29, 0.717) is 0 Å². The highest BCUT2D eigenvalue weighted by molar-refractivity contribution is 6.83. The molecule has 0 aromatic heterocycles. The summed E-state index contributed by atoms with van der Waals surface area (Å²) in [7, 11) is -1.38. The molecule has 0 amide bonds. The molecule has 4 aromatic rings. The van der Waals surface area contributed by atoms with E-state index in [4.69, 9.17) is 0 Å². The van der Waals surface area contributed by atoms with E-state index in [1.807, 2.05) is 0 Å². The Morgan fingerprint density at radius 3 is 2.09 bits per heavy atom. The highest BCUT2D eigenvalue weighted by Gasteiger charge is 2.11. The maximum absolute atomic E-state index is 3.52. The first-order chi connectivity index (χ1) is 10.5. The minimum atomic E-state index is -1.38. The summed E-state index contributed by atoms with van der Waals surface area (Å²) in [6.45, 7) is 6.87. The number of hydrogen-bond acceptors (Lipinski definition) is 0. The Kier molecular flexibility index (Phi) is 2.79. The van der Waals surface area contributed by atoms with Crippen LogP contribution in [0.2, 0.25) is 19.6 Å². The van der Waals surface area contributed by atoms with Crippen molar-refractivity contribution in [1.29, 1.82) is 0 Å². The Morgan fingerprint density at radius 1 is 0.727 bits per heavy atom. The van der Waals surface area contributed by atoms with Gasteiger partial charge in [-0.1, -0.05) is 74.1 Å². The monoisotopic (exact) mass is 298 g/mol. The van der Waals surface area contributed by atoms with E-state index in [2.05, 4.69) is 85.7 Å². The molecule has 0 N–H and O–H groups in total. The van der Waals surface area contributed by atoms with Crippen molar-refractivity contribution in [3.8, 4) is 11.5 Å². The summed E-state index contributed by atoms with van der Waals surface area (Å²) in [4.78, 5) is 0. The van der Waals surface area contributed by atoms with Crippen molar-refractivity contribution in [2.75, 3.05) is 0 Å². The van der Waals surface area contributed by atoms with Gasteiger partial charge in [-0.25, -0.2) is 0 Å². The van der Waals surface area contributed by atoms with Crippen LogP contribution < -0.4 is 0 Å². The molecule has 0 atom stereocenters. The zero-order valence-corrected chi connectivity index (χ0v) is 14.2. The number of benzene rings is 4. The molecular weight excluding hydrogens is 280 g/mol. The van der Waals surface area contributed by atoms with Crippen LogP contribution >= 0.6 is 0 Å². The fourth-order valence-electron chi connectivity index (χ4n) is 3.12. The van der Waals surface area contributed by atoms with Crippen LogP contribution in [-0.2, 0) is 0 Å². The van der Waals surface area contributed by atoms with Crippen LogP contribution in [0, 0.1) is 11.5 Å². The van der Waals surface area contributed by atoms with Crippen LogP contribution in [0.15, 0.2) is 54.6 Å². The summed E-state index contributed by atoms with van der Waals surface area (Å²) >= 11 is 0. The Hall–Kier alpha value is -2.30. The third kappa shape index (κ3) is 2.08. The van der Waals surface area contributed by atoms with Gasteiger partial charge >= 0.3 is 0 Å². The summed E-state index contributed by atoms with van der Waals surface area (Å²) in [6, 6.07) is 19.8. The largest absolute Gasteiger partial charge is 0.129 e. The van der Waals surface area contributed by atoms with Gasteiger partial charge in [0.05, 0.1) is 0 Å². The van der Waals surface area contributed by atoms with Gasteiger partial charge in [0.1, 0.15) is 8.07 Å². The van der Waals surface area contributed by atoms with E-state index in [1.165, 1.54) is 37.9 Å². The van der Waals surface area contributed by atoms with Gasteiger partial charge < -0.3 is 0 Å². The van der Waals surface area contributed by atoms with Crippen LogP contribution in [0.3, 0.4) is 0 Å². The summed E-state index contributed by atoms with van der Waals surface area (Å²) in [5.74, 6) is 3.48. The molecule has 0 aliphatic rings. The van der Waals surface area contributed by atoms with Gasteiger partial charge in [-0.3, -0.25) is 0 Å². The Bertz CT molecular complexity index is 1060. The zero-order chi connectivity index (χ0) is 15.3. The fraction of sp³-hybridized carbons (Fsp3) is 0.143. The van der Waals surface area contributed by atoms with Crippen LogP contribution in [0.25, 0.3) is 32.3 Å². The first kappa shape index (κ1) is 13.4. The van der Waals surface area contributed by atoms with Crippen molar-refractivity contribution in [1.82, 2.24) is 0 Å². The number of hydrogen-bond donors (Lipinski definition) is 0.